The van der Waals surface area contributed by atoms with Crippen LogP contribution in [0.5, 0.6) is 0 Å². The first-order chi connectivity index (χ1) is 11.3. The first kappa shape index (κ1) is 14.4. The van der Waals surface area contributed by atoms with Gasteiger partial charge in [0.25, 0.3) is 0 Å². The highest BCUT2D eigenvalue weighted by Crippen LogP contribution is 2.33. The summed E-state index contributed by atoms with van der Waals surface area (Å²) in [6, 6.07) is 8.34. The van der Waals surface area contributed by atoms with Crippen LogP contribution in [-0.2, 0) is 18.3 Å². The molecule has 0 bridgehead atoms. The molecule has 0 spiro atoms. The van der Waals surface area contributed by atoms with Gasteiger partial charge in [0.15, 0.2) is 0 Å². The lowest BCUT2D eigenvalue weighted by atomic mass is 9.98. The maximum absolute atomic E-state index is 5.93. The Hall–Kier alpha value is -2.18. The van der Waals surface area contributed by atoms with Crippen LogP contribution in [-0.4, -0.2) is 33.1 Å². The Bertz CT molecular complexity index is 793. The summed E-state index contributed by atoms with van der Waals surface area (Å²) in [5.74, 6) is 0.478. The van der Waals surface area contributed by atoms with Crippen molar-refractivity contribution in [1.82, 2.24) is 25.3 Å². The number of benzene rings is 1. The summed E-state index contributed by atoms with van der Waals surface area (Å²) in [7, 11) is 1.97. The summed E-state index contributed by atoms with van der Waals surface area (Å²) in [5, 5.41) is 16.2. The zero-order chi connectivity index (χ0) is 15.6. The Morgan fingerprint density at radius 2 is 2.35 bits per heavy atom. The third-order valence-corrected chi connectivity index (χ3v) is 4.65. The van der Waals surface area contributed by atoms with E-state index in [1.807, 2.05) is 30.2 Å². The predicted molar refractivity (Wildman–Crippen MR) is 87.8 cm³/mol. The average Bonchev–Trinajstić information content (AvgIpc) is 3.27. The molecule has 2 N–H and O–H groups in total. The van der Waals surface area contributed by atoms with Crippen molar-refractivity contribution in [3.63, 3.8) is 0 Å². The normalized spacial score (nSPS) is 21.3. The molecule has 6 nitrogen and oxygen atoms in total. The maximum atomic E-state index is 5.93. The van der Waals surface area contributed by atoms with Gasteiger partial charge < -0.3 is 10.1 Å². The molecule has 4 rings (SSSR count). The van der Waals surface area contributed by atoms with Crippen molar-refractivity contribution in [2.24, 2.45) is 13.0 Å². The lowest BCUT2D eigenvalue weighted by Crippen LogP contribution is -2.25. The zero-order valence-corrected chi connectivity index (χ0v) is 13.2. The SMILES string of the molecule is Cn1nccc1[C@@H]1OCC[C@H]1CNCc1cccc2cn[nH]c12. The number of nitrogens with one attached hydrogen (secondary N) is 2. The van der Waals surface area contributed by atoms with Crippen molar-refractivity contribution in [2.75, 3.05) is 13.2 Å². The zero-order valence-electron chi connectivity index (χ0n) is 13.2. The minimum absolute atomic E-state index is 0.137. The summed E-state index contributed by atoms with van der Waals surface area (Å²) in [6.07, 6.45) is 4.91. The molecule has 6 heteroatoms. The highest BCUT2D eigenvalue weighted by molar-refractivity contribution is 5.81. The topological polar surface area (TPSA) is 67.8 Å². The van der Waals surface area contributed by atoms with E-state index in [1.54, 1.807) is 0 Å². The van der Waals surface area contributed by atoms with Crippen molar-refractivity contribution in [1.29, 1.82) is 0 Å². The molecule has 1 aromatic carbocycles. The summed E-state index contributed by atoms with van der Waals surface area (Å²) in [4.78, 5) is 0. The van der Waals surface area contributed by atoms with Gasteiger partial charge in [0.05, 0.1) is 17.4 Å². The molecule has 3 aromatic rings. The van der Waals surface area contributed by atoms with Gasteiger partial charge in [-0.1, -0.05) is 18.2 Å². The molecule has 2 aromatic heterocycles. The van der Waals surface area contributed by atoms with Gasteiger partial charge in [-0.25, -0.2) is 0 Å². The van der Waals surface area contributed by atoms with E-state index < -0.39 is 0 Å². The van der Waals surface area contributed by atoms with Crippen molar-refractivity contribution in [2.45, 2.75) is 19.1 Å². The van der Waals surface area contributed by atoms with E-state index in [9.17, 15) is 0 Å². The number of ether oxygens (including phenoxy) is 1. The second kappa shape index (κ2) is 6.14. The van der Waals surface area contributed by atoms with Gasteiger partial charge in [0.1, 0.15) is 6.10 Å². The fraction of sp³-hybridized carbons (Fsp3) is 0.412. The number of nitrogens with zero attached hydrogens (tertiary/aromatic N) is 3. The fourth-order valence-corrected chi connectivity index (χ4v) is 3.40. The number of H-pyrrole nitrogens is 1. The van der Waals surface area contributed by atoms with Gasteiger partial charge >= 0.3 is 0 Å². The second-order valence-corrected chi connectivity index (χ2v) is 6.10. The van der Waals surface area contributed by atoms with Crippen LogP contribution in [0.25, 0.3) is 10.9 Å². The Labute approximate surface area is 134 Å². The van der Waals surface area contributed by atoms with Crippen LogP contribution in [0.1, 0.15) is 23.8 Å². The third-order valence-electron chi connectivity index (χ3n) is 4.65. The Morgan fingerprint density at radius 1 is 1.39 bits per heavy atom. The highest BCUT2D eigenvalue weighted by Gasteiger charge is 2.31. The smallest absolute Gasteiger partial charge is 0.103 e. The van der Waals surface area contributed by atoms with Gasteiger partial charge in [0.2, 0.25) is 0 Å². The van der Waals surface area contributed by atoms with E-state index in [1.165, 1.54) is 5.56 Å². The monoisotopic (exact) mass is 311 g/mol. The number of hydrogen-bond acceptors (Lipinski definition) is 4. The first-order valence-electron chi connectivity index (χ1n) is 8.04. The lowest BCUT2D eigenvalue weighted by molar-refractivity contribution is 0.0838. The van der Waals surface area contributed by atoms with E-state index in [2.05, 4.69) is 38.8 Å². The summed E-state index contributed by atoms with van der Waals surface area (Å²) in [5.41, 5.74) is 3.52. The van der Waals surface area contributed by atoms with E-state index in [-0.39, 0.29) is 6.10 Å². The van der Waals surface area contributed by atoms with Gasteiger partial charge in [0, 0.05) is 44.2 Å². The van der Waals surface area contributed by atoms with E-state index in [0.717, 1.165) is 42.7 Å². The molecule has 23 heavy (non-hydrogen) atoms. The Balaban J connectivity index is 1.41. The van der Waals surface area contributed by atoms with Gasteiger partial charge in [-0.2, -0.15) is 10.2 Å². The van der Waals surface area contributed by atoms with E-state index >= 15 is 0 Å². The molecular weight excluding hydrogens is 290 g/mol. The molecule has 0 radical (unpaired) electrons. The van der Waals surface area contributed by atoms with Crippen LogP contribution in [0, 0.1) is 5.92 Å². The van der Waals surface area contributed by atoms with Crippen molar-refractivity contribution in [3.8, 4) is 0 Å². The van der Waals surface area contributed by atoms with Crippen molar-refractivity contribution >= 4 is 10.9 Å². The molecule has 3 heterocycles. The fourth-order valence-electron chi connectivity index (χ4n) is 3.40. The Kier molecular flexibility index (Phi) is 3.85. The number of rotatable bonds is 5. The molecule has 0 unspecified atom stereocenters. The van der Waals surface area contributed by atoms with Crippen LogP contribution in [0.15, 0.2) is 36.7 Å². The molecular formula is C17H21N5O. The number of aryl methyl sites for hydroxylation is 1. The van der Waals surface area contributed by atoms with Crippen LogP contribution < -0.4 is 5.32 Å². The van der Waals surface area contributed by atoms with Crippen LogP contribution in [0.3, 0.4) is 0 Å². The minimum atomic E-state index is 0.137. The number of fused-ring (bicyclic) bond motifs is 1. The molecule has 1 aliphatic rings. The summed E-state index contributed by atoms with van der Waals surface area (Å²) in [6.45, 7) is 2.58. The summed E-state index contributed by atoms with van der Waals surface area (Å²) >= 11 is 0. The predicted octanol–water partition coefficient (Wildman–Crippen LogP) is 2.16. The van der Waals surface area contributed by atoms with Crippen LogP contribution in [0.4, 0.5) is 0 Å². The number of para-hydroxylation sites is 1. The highest BCUT2D eigenvalue weighted by atomic mass is 16.5. The molecule has 1 saturated heterocycles. The van der Waals surface area contributed by atoms with Crippen molar-refractivity contribution < 1.29 is 4.74 Å². The quantitative estimate of drug-likeness (QED) is 0.758. The molecule has 2 atom stereocenters. The third kappa shape index (κ3) is 2.75. The largest absolute Gasteiger partial charge is 0.372 e. The second-order valence-electron chi connectivity index (χ2n) is 6.10. The average molecular weight is 311 g/mol. The minimum Gasteiger partial charge on any atom is -0.372 e. The first-order valence-corrected chi connectivity index (χ1v) is 8.04. The maximum Gasteiger partial charge on any atom is 0.103 e. The molecule has 0 amide bonds. The molecule has 0 aliphatic carbocycles. The van der Waals surface area contributed by atoms with E-state index in [0.29, 0.717) is 5.92 Å². The molecule has 120 valence electrons. The standard InChI is InChI=1S/C17H21N5O/c1-22-15(5-7-20-22)17-14(6-8-23-17)10-18-9-12-3-2-4-13-11-19-21-16(12)13/h2-5,7,11,14,17-18H,6,8-10H2,1H3,(H,19,21)/t14-,17+/m0/s1. The molecule has 1 aliphatic heterocycles. The van der Waals surface area contributed by atoms with Gasteiger partial charge in [-0.05, 0) is 18.1 Å². The lowest BCUT2D eigenvalue weighted by Gasteiger charge is -2.19. The van der Waals surface area contributed by atoms with Crippen LogP contribution >= 0.6 is 0 Å². The van der Waals surface area contributed by atoms with Gasteiger partial charge in [-0.15, -0.1) is 0 Å². The van der Waals surface area contributed by atoms with E-state index in [4.69, 9.17) is 4.74 Å². The number of aromatic amines is 1. The molecule has 0 saturated carbocycles. The number of hydrogen-bond donors (Lipinski definition) is 2. The van der Waals surface area contributed by atoms with Crippen molar-refractivity contribution in [3.05, 3.63) is 47.9 Å². The van der Waals surface area contributed by atoms with Crippen LogP contribution in [0.2, 0.25) is 0 Å². The number of aromatic nitrogens is 4. The summed E-state index contributed by atoms with van der Waals surface area (Å²) < 4.78 is 7.85. The molecule has 1 fully saturated rings. The van der Waals surface area contributed by atoms with Gasteiger partial charge in [-0.3, -0.25) is 9.78 Å². The Morgan fingerprint density at radius 3 is 3.22 bits per heavy atom.